The fourth-order valence-corrected chi connectivity index (χ4v) is 2.17. The smallest absolute Gasteiger partial charge is 0.0447 e. The van der Waals surface area contributed by atoms with Gasteiger partial charge in [0.05, 0.1) is 0 Å². The molecule has 1 saturated heterocycles. The first-order chi connectivity index (χ1) is 6.75. The first-order valence-corrected chi connectivity index (χ1v) is 5.44. The van der Waals surface area contributed by atoms with E-state index in [-0.39, 0.29) is 0 Å². The molecule has 0 radical (unpaired) electrons. The molecule has 0 saturated carbocycles. The molecule has 1 fully saturated rings. The Labute approximate surface area is 89.7 Å². The van der Waals surface area contributed by atoms with Gasteiger partial charge in [-0.2, -0.15) is 0 Å². The number of rotatable bonds is 1. The normalized spacial score (nSPS) is 17.1. The quantitative estimate of drug-likeness (QED) is 0.723. The Morgan fingerprint density at radius 2 is 1.79 bits per heavy atom. The van der Waals surface area contributed by atoms with Crippen LogP contribution in [0.15, 0.2) is 18.2 Å². The third kappa shape index (κ3) is 2.13. The van der Waals surface area contributed by atoms with Gasteiger partial charge < -0.3 is 10.6 Å². The third-order valence-corrected chi connectivity index (χ3v) is 2.84. The Balaban J connectivity index is 2.21. The fraction of sp³-hybridized carbons (Fsp3) is 0.455. The van der Waals surface area contributed by atoms with Crippen molar-refractivity contribution in [3.63, 3.8) is 0 Å². The van der Waals surface area contributed by atoms with E-state index in [1.165, 1.54) is 19.3 Å². The van der Waals surface area contributed by atoms with E-state index < -0.39 is 0 Å². The third-order valence-electron chi connectivity index (χ3n) is 2.63. The number of hydrogen-bond acceptors (Lipinski definition) is 2. The van der Waals surface area contributed by atoms with Crippen molar-refractivity contribution < 1.29 is 0 Å². The van der Waals surface area contributed by atoms with Gasteiger partial charge in [0.1, 0.15) is 0 Å². The van der Waals surface area contributed by atoms with Gasteiger partial charge >= 0.3 is 0 Å². The van der Waals surface area contributed by atoms with Gasteiger partial charge in [-0.05, 0) is 37.5 Å². The standard InChI is InChI=1S/C11H15ClN2/c12-9-6-10(13)8-11(7-9)14-4-2-1-3-5-14/h6-8H,1-5,13H2. The van der Waals surface area contributed by atoms with Crippen LogP contribution in [-0.4, -0.2) is 13.1 Å². The van der Waals surface area contributed by atoms with Crippen LogP contribution < -0.4 is 10.6 Å². The van der Waals surface area contributed by atoms with Gasteiger partial charge in [-0.15, -0.1) is 0 Å². The van der Waals surface area contributed by atoms with Crippen molar-refractivity contribution in [2.45, 2.75) is 19.3 Å². The molecule has 1 heterocycles. The summed E-state index contributed by atoms with van der Waals surface area (Å²) in [4.78, 5) is 2.35. The van der Waals surface area contributed by atoms with Crippen LogP contribution in [0.4, 0.5) is 11.4 Å². The lowest BCUT2D eigenvalue weighted by Crippen LogP contribution is -2.29. The van der Waals surface area contributed by atoms with Crippen molar-refractivity contribution in [2.75, 3.05) is 23.7 Å². The summed E-state index contributed by atoms with van der Waals surface area (Å²) in [5.74, 6) is 0. The summed E-state index contributed by atoms with van der Waals surface area (Å²) in [5.41, 5.74) is 7.66. The average molecular weight is 211 g/mol. The highest BCUT2D eigenvalue weighted by atomic mass is 35.5. The van der Waals surface area contributed by atoms with Crippen LogP contribution >= 0.6 is 11.6 Å². The first kappa shape index (κ1) is 9.66. The molecule has 0 unspecified atom stereocenters. The number of piperidine rings is 1. The minimum absolute atomic E-state index is 0.727. The zero-order chi connectivity index (χ0) is 9.97. The zero-order valence-electron chi connectivity index (χ0n) is 8.17. The zero-order valence-corrected chi connectivity index (χ0v) is 8.93. The molecule has 0 aliphatic carbocycles. The molecule has 1 aliphatic heterocycles. The van der Waals surface area contributed by atoms with Crippen LogP contribution in [-0.2, 0) is 0 Å². The maximum absolute atomic E-state index is 5.96. The lowest BCUT2D eigenvalue weighted by Gasteiger charge is -2.29. The summed E-state index contributed by atoms with van der Waals surface area (Å²) in [6.07, 6.45) is 3.88. The highest BCUT2D eigenvalue weighted by molar-refractivity contribution is 6.31. The Hall–Kier alpha value is -0.890. The van der Waals surface area contributed by atoms with Crippen molar-refractivity contribution in [3.8, 4) is 0 Å². The number of anilines is 2. The number of nitrogens with two attached hydrogens (primary N) is 1. The maximum Gasteiger partial charge on any atom is 0.0447 e. The number of hydrogen-bond donors (Lipinski definition) is 1. The highest BCUT2D eigenvalue weighted by Gasteiger charge is 2.11. The number of nitrogens with zero attached hydrogens (tertiary/aromatic N) is 1. The van der Waals surface area contributed by atoms with Crippen molar-refractivity contribution >= 4 is 23.0 Å². The molecule has 14 heavy (non-hydrogen) atoms. The van der Waals surface area contributed by atoms with E-state index in [1.807, 2.05) is 12.1 Å². The molecule has 2 nitrogen and oxygen atoms in total. The lowest BCUT2D eigenvalue weighted by molar-refractivity contribution is 0.578. The van der Waals surface area contributed by atoms with E-state index in [1.54, 1.807) is 6.07 Å². The SMILES string of the molecule is Nc1cc(Cl)cc(N2CCCCC2)c1. The molecule has 0 aromatic heterocycles. The van der Waals surface area contributed by atoms with E-state index in [0.29, 0.717) is 0 Å². The van der Waals surface area contributed by atoms with Gasteiger partial charge in [0.25, 0.3) is 0 Å². The number of nitrogen functional groups attached to an aromatic ring is 1. The van der Waals surface area contributed by atoms with Crippen molar-refractivity contribution in [2.24, 2.45) is 0 Å². The van der Waals surface area contributed by atoms with Gasteiger partial charge in [-0.1, -0.05) is 11.6 Å². The largest absolute Gasteiger partial charge is 0.399 e. The van der Waals surface area contributed by atoms with Crippen LogP contribution in [0, 0.1) is 0 Å². The second kappa shape index (κ2) is 4.09. The highest BCUT2D eigenvalue weighted by Crippen LogP contribution is 2.26. The van der Waals surface area contributed by atoms with E-state index in [2.05, 4.69) is 4.90 Å². The average Bonchev–Trinajstić information content (AvgIpc) is 2.18. The monoisotopic (exact) mass is 210 g/mol. The van der Waals surface area contributed by atoms with E-state index >= 15 is 0 Å². The molecule has 0 bridgehead atoms. The van der Waals surface area contributed by atoms with Gasteiger partial charge in [-0.3, -0.25) is 0 Å². The Morgan fingerprint density at radius 1 is 1.07 bits per heavy atom. The van der Waals surface area contributed by atoms with Crippen LogP contribution in [0.2, 0.25) is 5.02 Å². The molecule has 1 aromatic rings. The number of halogens is 1. The molecule has 0 atom stereocenters. The summed E-state index contributed by atoms with van der Waals surface area (Å²) >= 11 is 5.96. The van der Waals surface area contributed by atoms with Gasteiger partial charge in [-0.25, -0.2) is 0 Å². The summed E-state index contributed by atoms with van der Waals surface area (Å²) in [5, 5.41) is 0.727. The lowest BCUT2D eigenvalue weighted by atomic mass is 10.1. The molecule has 0 amide bonds. The predicted octanol–water partition coefficient (Wildman–Crippen LogP) is 2.91. The maximum atomic E-state index is 5.96. The summed E-state index contributed by atoms with van der Waals surface area (Å²) in [6.45, 7) is 2.25. The Kier molecular flexibility index (Phi) is 2.82. The molecule has 76 valence electrons. The minimum Gasteiger partial charge on any atom is -0.399 e. The molecular formula is C11H15ClN2. The van der Waals surface area contributed by atoms with Crippen molar-refractivity contribution in [1.29, 1.82) is 0 Å². The predicted molar refractivity (Wildman–Crippen MR) is 61.9 cm³/mol. The van der Waals surface area contributed by atoms with Crippen molar-refractivity contribution in [1.82, 2.24) is 0 Å². The van der Waals surface area contributed by atoms with E-state index in [4.69, 9.17) is 17.3 Å². The van der Waals surface area contributed by atoms with E-state index in [9.17, 15) is 0 Å². The summed E-state index contributed by atoms with van der Waals surface area (Å²) in [7, 11) is 0. The molecule has 2 N–H and O–H groups in total. The first-order valence-electron chi connectivity index (χ1n) is 5.07. The molecule has 2 rings (SSSR count). The van der Waals surface area contributed by atoms with Gasteiger partial charge in [0, 0.05) is 29.5 Å². The minimum atomic E-state index is 0.727. The summed E-state index contributed by atoms with van der Waals surface area (Å²) in [6, 6.07) is 5.77. The molecular weight excluding hydrogens is 196 g/mol. The summed E-state index contributed by atoms with van der Waals surface area (Å²) < 4.78 is 0. The second-order valence-corrected chi connectivity index (χ2v) is 4.23. The molecule has 0 spiro atoms. The molecule has 1 aliphatic rings. The van der Waals surface area contributed by atoms with Gasteiger partial charge in [0.15, 0.2) is 0 Å². The number of benzene rings is 1. The molecule has 1 aromatic carbocycles. The van der Waals surface area contributed by atoms with Crippen LogP contribution in [0.5, 0.6) is 0 Å². The second-order valence-electron chi connectivity index (χ2n) is 3.79. The fourth-order valence-electron chi connectivity index (χ4n) is 1.93. The Morgan fingerprint density at radius 3 is 2.43 bits per heavy atom. The van der Waals surface area contributed by atoms with Gasteiger partial charge in [0.2, 0.25) is 0 Å². The van der Waals surface area contributed by atoms with Crippen molar-refractivity contribution in [3.05, 3.63) is 23.2 Å². The Bertz CT molecular complexity index is 299. The van der Waals surface area contributed by atoms with Crippen LogP contribution in [0.3, 0.4) is 0 Å². The van der Waals surface area contributed by atoms with Crippen LogP contribution in [0.25, 0.3) is 0 Å². The molecule has 3 heteroatoms. The topological polar surface area (TPSA) is 29.3 Å². The van der Waals surface area contributed by atoms with Crippen LogP contribution in [0.1, 0.15) is 19.3 Å². The van der Waals surface area contributed by atoms with E-state index in [0.717, 1.165) is 29.5 Å².